The van der Waals surface area contributed by atoms with Crippen LogP contribution in [0.25, 0.3) is 86.3 Å². The van der Waals surface area contributed by atoms with Crippen molar-refractivity contribution in [2.45, 2.75) is 0 Å². The van der Waals surface area contributed by atoms with E-state index < -0.39 is 0 Å². The average molecular weight is 720 g/mol. The molecule has 0 spiro atoms. The monoisotopic (exact) mass is 719 g/mol. The van der Waals surface area contributed by atoms with Gasteiger partial charge in [-0.05, 0) is 92.7 Å². The quantitative estimate of drug-likeness (QED) is 0.170. The Morgan fingerprint density at radius 3 is 1.73 bits per heavy atom. The summed E-state index contributed by atoms with van der Waals surface area (Å²) in [4.78, 5) is 2.41. The van der Waals surface area contributed by atoms with Gasteiger partial charge in [-0.15, -0.1) is 11.3 Å². The van der Waals surface area contributed by atoms with Gasteiger partial charge in [-0.3, -0.25) is 0 Å². The van der Waals surface area contributed by atoms with Crippen molar-refractivity contribution in [3.63, 3.8) is 0 Å². The van der Waals surface area contributed by atoms with E-state index in [0.717, 1.165) is 50.1 Å². The third kappa shape index (κ3) is 5.32. The Kier molecular flexibility index (Phi) is 7.39. The Hall–Kier alpha value is -6.94. The second-order valence-corrected chi connectivity index (χ2v) is 15.1. The molecule has 2 nitrogen and oxygen atoms in total. The summed E-state index contributed by atoms with van der Waals surface area (Å²) in [5.41, 5.74) is 12.0. The maximum atomic E-state index is 6.78. The summed E-state index contributed by atoms with van der Waals surface area (Å²) >= 11 is 1.87. The van der Waals surface area contributed by atoms with Gasteiger partial charge in [-0.2, -0.15) is 0 Å². The molecule has 0 fully saturated rings. The first-order valence-electron chi connectivity index (χ1n) is 18.7. The number of benzene rings is 9. The fourth-order valence-corrected chi connectivity index (χ4v) is 9.48. The van der Waals surface area contributed by atoms with Crippen molar-refractivity contribution >= 4 is 81.3 Å². The van der Waals surface area contributed by atoms with Crippen LogP contribution in [-0.4, -0.2) is 0 Å². The summed E-state index contributed by atoms with van der Waals surface area (Å²) in [5.74, 6) is 0. The lowest BCUT2D eigenvalue weighted by Crippen LogP contribution is -2.10. The third-order valence-electron chi connectivity index (χ3n) is 10.9. The third-order valence-corrected chi connectivity index (χ3v) is 12.1. The number of anilines is 3. The second kappa shape index (κ2) is 12.9. The average Bonchev–Trinajstić information content (AvgIpc) is 3.84. The minimum absolute atomic E-state index is 0.863. The van der Waals surface area contributed by atoms with Crippen LogP contribution in [0.4, 0.5) is 17.1 Å². The Bertz CT molecular complexity index is 3180. The molecule has 2 aromatic heterocycles. The fraction of sp³-hybridized carbons (Fsp3) is 0. The number of thiophene rings is 1. The minimum atomic E-state index is 0.863. The molecule has 0 bridgehead atoms. The van der Waals surface area contributed by atoms with Gasteiger partial charge >= 0.3 is 0 Å². The standard InChI is InChI=1S/C52H33NOS/c1-3-12-34(13-4-1)36-22-27-40(28-23-36)53(41-29-24-38(25-30-41)43-19-11-20-45-44-18-9-10-21-49(44)55-52(43)45)46-32-39(35-14-5-2-6-15-35)33-48-51(46)50-42-17-8-7-16-37(42)26-31-47(50)54-48/h1-33H. The highest BCUT2D eigenvalue weighted by Crippen LogP contribution is 2.48. The van der Waals surface area contributed by atoms with Crippen LogP contribution in [0.2, 0.25) is 0 Å². The van der Waals surface area contributed by atoms with Gasteiger partial charge in [-0.25, -0.2) is 0 Å². The molecule has 11 aromatic rings. The summed E-state index contributed by atoms with van der Waals surface area (Å²) in [5, 5.41) is 7.21. The van der Waals surface area contributed by atoms with Crippen LogP contribution in [0.1, 0.15) is 0 Å². The van der Waals surface area contributed by atoms with Gasteiger partial charge in [0.05, 0.1) is 11.1 Å². The summed E-state index contributed by atoms with van der Waals surface area (Å²) in [6.07, 6.45) is 0. The van der Waals surface area contributed by atoms with Crippen molar-refractivity contribution < 1.29 is 4.42 Å². The van der Waals surface area contributed by atoms with Crippen LogP contribution < -0.4 is 4.90 Å². The lowest BCUT2D eigenvalue weighted by Gasteiger charge is -2.27. The zero-order chi connectivity index (χ0) is 36.3. The van der Waals surface area contributed by atoms with Crippen LogP contribution in [0, 0.1) is 0 Å². The van der Waals surface area contributed by atoms with Crippen molar-refractivity contribution in [1.82, 2.24) is 0 Å². The van der Waals surface area contributed by atoms with E-state index >= 15 is 0 Å². The van der Waals surface area contributed by atoms with Crippen LogP contribution in [0.15, 0.2) is 205 Å². The maximum Gasteiger partial charge on any atom is 0.138 e. The second-order valence-electron chi connectivity index (χ2n) is 14.1. The summed E-state index contributed by atoms with van der Waals surface area (Å²) < 4.78 is 9.41. The van der Waals surface area contributed by atoms with E-state index in [0.29, 0.717) is 0 Å². The van der Waals surface area contributed by atoms with Crippen LogP contribution >= 0.6 is 11.3 Å². The first-order chi connectivity index (χ1) is 27.3. The number of hydrogen-bond acceptors (Lipinski definition) is 3. The molecule has 55 heavy (non-hydrogen) atoms. The van der Waals surface area contributed by atoms with Gasteiger partial charge in [0.25, 0.3) is 0 Å². The smallest absolute Gasteiger partial charge is 0.138 e. The molecule has 0 N–H and O–H groups in total. The number of nitrogens with zero attached hydrogens (tertiary/aromatic N) is 1. The van der Waals surface area contributed by atoms with Crippen molar-refractivity contribution in [3.05, 3.63) is 200 Å². The highest BCUT2D eigenvalue weighted by atomic mass is 32.1. The Labute approximate surface area is 322 Å². The number of furan rings is 1. The molecule has 2 heterocycles. The SMILES string of the molecule is c1ccc(-c2ccc(N(c3ccc(-c4cccc5c4sc4ccccc45)cc3)c3cc(-c4ccccc4)cc4oc5ccc6ccccc6c5c34)cc2)cc1. The zero-order valence-corrected chi connectivity index (χ0v) is 30.6. The Morgan fingerprint density at radius 2 is 0.982 bits per heavy atom. The largest absolute Gasteiger partial charge is 0.456 e. The highest BCUT2D eigenvalue weighted by molar-refractivity contribution is 7.26. The predicted octanol–water partition coefficient (Wildman–Crippen LogP) is 15.6. The van der Waals surface area contributed by atoms with E-state index in [4.69, 9.17) is 4.42 Å². The summed E-state index contributed by atoms with van der Waals surface area (Å²) in [6, 6.07) is 72.1. The minimum Gasteiger partial charge on any atom is -0.456 e. The summed E-state index contributed by atoms with van der Waals surface area (Å²) in [6.45, 7) is 0. The molecule has 0 radical (unpaired) electrons. The van der Waals surface area contributed by atoms with Crippen molar-refractivity contribution in [3.8, 4) is 33.4 Å². The topological polar surface area (TPSA) is 16.4 Å². The highest BCUT2D eigenvalue weighted by Gasteiger charge is 2.23. The number of rotatable bonds is 6. The molecule has 258 valence electrons. The molecular formula is C52H33NOS. The lowest BCUT2D eigenvalue weighted by atomic mass is 9.97. The predicted molar refractivity (Wildman–Crippen MR) is 235 cm³/mol. The molecule has 0 amide bonds. The molecule has 9 aromatic carbocycles. The van der Waals surface area contributed by atoms with Crippen LogP contribution in [0.5, 0.6) is 0 Å². The van der Waals surface area contributed by atoms with Gasteiger partial charge in [0, 0.05) is 36.9 Å². The van der Waals surface area contributed by atoms with E-state index in [1.54, 1.807) is 0 Å². The van der Waals surface area contributed by atoms with Crippen molar-refractivity contribution in [1.29, 1.82) is 0 Å². The van der Waals surface area contributed by atoms with E-state index in [2.05, 4.69) is 205 Å². The molecule has 0 aliphatic rings. The molecule has 0 saturated heterocycles. The molecule has 0 atom stereocenters. The van der Waals surface area contributed by atoms with E-state index in [9.17, 15) is 0 Å². The molecule has 0 saturated carbocycles. The Morgan fingerprint density at radius 1 is 0.382 bits per heavy atom. The van der Waals surface area contributed by atoms with E-state index in [1.165, 1.54) is 53.2 Å². The first kappa shape index (κ1) is 31.6. The lowest BCUT2D eigenvalue weighted by molar-refractivity contribution is 0.669. The number of hydrogen-bond donors (Lipinski definition) is 0. The maximum absolute atomic E-state index is 6.78. The molecule has 0 unspecified atom stereocenters. The van der Waals surface area contributed by atoms with Gasteiger partial charge in [0.15, 0.2) is 0 Å². The first-order valence-corrected chi connectivity index (χ1v) is 19.5. The van der Waals surface area contributed by atoms with Gasteiger partial charge in [0.2, 0.25) is 0 Å². The van der Waals surface area contributed by atoms with Crippen LogP contribution in [-0.2, 0) is 0 Å². The molecule has 0 aliphatic heterocycles. The summed E-state index contributed by atoms with van der Waals surface area (Å²) in [7, 11) is 0. The van der Waals surface area contributed by atoms with E-state index in [-0.39, 0.29) is 0 Å². The van der Waals surface area contributed by atoms with Crippen molar-refractivity contribution in [2.24, 2.45) is 0 Å². The molecule has 0 aliphatic carbocycles. The van der Waals surface area contributed by atoms with Crippen LogP contribution in [0.3, 0.4) is 0 Å². The normalized spacial score (nSPS) is 11.6. The molecule has 11 rings (SSSR count). The molecule has 3 heteroatoms. The Balaban J connectivity index is 1.16. The number of fused-ring (bicyclic) bond motifs is 8. The van der Waals surface area contributed by atoms with Gasteiger partial charge in [0.1, 0.15) is 11.2 Å². The van der Waals surface area contributed by atoms with Gasteiger partial charge in [-0.1, -0.05) is 152 Å². The zero-order valence-electron chi connectivity index (χ0n) is 29.8. The van der Waals surface area contributed by atoms with E-state index in [1.807, 2.05) is 11.3 Å². The fourth-order valence-electron chi connectivity index (χ4n) is 8.24. The molecular weight excluding hydrogens is 687 g/mol. The van der Waals surface area contributed by atoms with Gasteiger partial charge < -0.3 is 9.32 Å². The van der Waals surface area contributed by atoms with Crippen molar-refractivity contribution in [2.75, 3.05) is 4.90 Å².